The van der Waals surface area contributed by atoms with Crippen molar-refractivity contribution in [3.8, 4) is 0 Å². The molecule has 0 spiro atoms. The minimum absolute atomic E-state index is 0.220. The molecular weight excluding hydrogens is 304 g/mol. The van der Waals surface area contributed by atoms with E-state index in [2.05, 4.69) is 13.8 Å². The fraction of sp³-hybridized carbons (Fsp3) is 0.800. The zero-order valence-electron chi connectivity index (χ0n) is 15.4. The lowest BCUT2D eigenvalue weighted by molar-refractivity contribution is -0.153. The fourth-order valence-corrected chi connectivity index (χ4v) is 6.69. The molecule has 0 aromatic carbocycles. The Kier molecular flexibility index (Phi) is 4.29. The number of carbonyl (C=O) groups excluding carboxylic acids is 2. The first-order valence-electron chi connectivity index (χ1n) is 9.29. The van der Waals surface area contributed by atoms with E-state index in [1.54, 1.807) is 6.92 Å². The van der Waals surface area contributed by atoms with Crippen LogP contribution in [-0.4, -0.2) is 25.2 Å². The van der Waals surface area contributed by atoms with Crippen LogP contribution in [0.5, 0.6) is 0 Å². The topological polar surface area (TPSA) is 52.6 Å². The Morgan fingerprint density at radius 1 is 0.958 bits per heavy atom. The molecule has 4 aliphatic carbocycles. The molecule has 0 saturated heterocycles. The summed E-state index contributed by atoms with van der Waals surface area (Å²) in [5.74, 6) is -0.109. The summed E-state index contributed by atoms with van der Waals surface area (Å²) in [5.41, 5.74) is 0.884. The molecule has 0 aromatic heterocycles. The molecular formula is C20H30O4. The second-order valence-corrected chi connectivity index (χ2v) is 8.94. The Morgan fingerprint density at radius 2 is 1.54 bits per heavy atom. The molecule has 0 aliphatic heterocycles. The summed E-state index contributed by atoms with van der Waals surface area (Å²) in [6.07, 6.45) is 8.13. The molecule has 4 saturated carbocycles. The second kappa shape index (κ2) is 5.89. The quantitative estimate of drug-likeness (QED) is 0.562. The maximum atomic E-state index is 12.7. The number of rotatable bonds is 5. The van der Waals surface area contributed by atoms with E-state index >= 15 is 0 Å². The Morgan fingerprint density at radius 3 is 2.04 bits per heavy atom. The highest BCUT2D eigenvalue weighted by molar-refractivity contribution is 5.97. The van der Waals surface area contributed by atoms with Gasteiger partial charge in [-0.1, -0.05) is 13.8 Å². The van der Waals surface area contributed by atoms with Gasteiger partial charge in [-0.3, -0.25) is 0 Å². The van der Waals surface area contributed by atoms with Gasteiger partial charge in [-0.2, -0.15) is 0 Å². The lowest BCUT2D eigenvalue weighted by Gasteiger charge is -2.65. The van der Waals surface area contributed by atoms with Crippen LogP contribution in [-0.2, 0) is 19.1 Å². The van der Waals surface area contributed by atoms with Crippen LogP contribution >= 0.6 is 0 Å². The number of hydrogen-bond donors (Lipinski definition) is 0. The van der Waals surface area contributed by atoms with Crippen molar-refractivity contribution >= 4 is 11.9 Å². The summed E-state index contributed by atoms with van der Waals surface area (Å²) < 4.78 is 10.4. The smallest absolute Gasteiger partial charge is 0.334 e. The average Bonchev–Trinajstić information content (AvgIpc) is 2.41. The van der Waals surface area contributed by atoms with Crippen LogP contribution in [0.4, 0.5) is 0 Å². The molecule has 24 heavy (non-hydrogen) atoms. The first-order chi connectivity index (χ1) is 11.2. The summed E-state index contributed by atoms with van der Waals surface area (Å²) in [4.78, 5) is 24.8. The van der Waals surface area contributed by atoms with Crippen molar-refractivity contribution in [3.05, 3.63) is 11.6 Å². The Bertz CT molecular complexity index is 558. The largest absolute Gasteiger partial charge is 0.463 e. The van der Waals surface area contributed by atoms with Crippen LogP contribution < -0.4 is 0 Å². The van der Waals surface area contributed by atoms with Gasteiger partial charge in [0.05, 0.1) is 18.8 Å². The van der Waals surface area contributed by atoms with E-state index < -0.39 is 5.97 Å². The molecule has 0 amide bonds. The zero-order chi connectivity index (χ0) is 17.6. The maximum Gasteiger partial charge on any atom is 0.334 e. The molecule has 4 atom stereocenters. The second-order valence-electron chi connectivity index (χ2n) is 8.94. The number of esters is 2. The van der Waals surface area contributed by atoms with Gasteiger partial charge in [0.25, 0.3) is 0 Å². The van der Waals surface area contributed by atoms with Crippen LogP contribution in [0.3, 0.4) is 0 Å². The van der Waals surface area contributed by atoms with Crippen molar-refractivity contribution in [3.63, 3.8) is 0 Å². The standard InChI is InChI=1S/C20H30O4/c1-5-23-16(21)7-15(17(22)24-6-2)20-10-14-8-18(3,12-20)11-19(4,9-14)13-20/h7,14H,5-6,8-13H2,1-4H3/b15-7-/t14?,18-,19+,20?. The number of carbonyl (C=O) groups is 2. The molecule has 0 radical (unpaired) electrons. The third kappa shape index (κ3) is 3.00. The summed E-state index contributed by atoms with van der Waals surface area (Å²) in [6.45, 7) is 8.95. The first kappa shape index (κ1) is 17.5. The summed E-state index contributed by atoms with van der Waals surface area (Å²) in [5, 5.41) is 0. The van der Waals surface area contributed by atoms with Gasteiger partial charge >= 0.3 is 11.9 Å². The molecule has 4 rings (SSSR count). The van der Waals surface area contributed by atoms with Gasteiger partial charge in [0.1, 0.15) is 0 Å². The fourth-order valence-electron chi connectivity index (χ4n) is 6.69. The molecule has 4 fully saturated rings. The van der Waals surface area contributed by atoms with Crippen LogP contribution in [0, 0.1) is 22.2 Å². The SMILES string of the molecule is CCOC(=O)/C=C(/C(=O)OCC)C12CC3C[C@@](C)(C1)C[C@](C)(C3)C2. The van der Waals surface area contributed by atoms with Crippen molar-refractivity contribution in [2.45, 2.75) is 66.2 Å². The minimum Gasteiger partial charge on any atom is -0.463 e. The van der Waals surface area contributed by atoms with Crippen LogP contribution in [0.2, 0.25) is 0 Å². The van der Waals surface area contributed by atoms with Crippen LogP contribution in [0.1, 0.15) is 66.2 Å². The molecule has 0 N–H and O–H groups in total. The molecule has 0 aromatic rings. The van der Waals surface area contributed by atoms with Crippen molar-refractivity contribution in [1.29, 1.82) is 0 Å². The maximum absolute atomic E-state index is 12.7. The predicted molar refractivity (Wildman–Crippen MR) is 91.2 cm³/mol. The van der Waals surface area contributed by atoms with Gasteiger partial charge in [-0.25, -0.2) is 9.59 Å². The third-order valence-electron chi connectivity index (χ3n) is 6.24. The van der Waals surface area contributed by atoms with E-state index in [0.717, 1.165) is 19.3 Å². The van der Waals surface area contributed by atoms with Gasteiger partial charge in [0.15, 0.2) is 0 Å². The predicted octanol–water partition coefficient (Wildman–Crippen LogP) is 4.04. The van der Waals surface area contributed by atoms with Gasteiger partial charge in [-0.05, 0) is 69.1 Å². The van der Waals surface area contributed by atoms with E-state index in [1.807, 2.05) is 6.92 Å². The lowest BCUT2D eigenvalue weighted by atomic mass is 9.39. The Balaban J connectivity index is 2.00. The van der Waals surface area contributed by atoms with Gasteiger partial charge < -0.3 is 9.47 Å². The van der Waals surface area contributed by atoms with Gasteiger partial charge in [0.2, 0.25) is 0 Å². The highest BCUT2D eigenvalue weighted by atomic mass is 16.5. The average molecular weight is 334 g/mol. The van der Waals surface area contributed by atoms with Crippen molar-refractivity contribution in [2.24, 2.45) is 22.2 Å². The van der Waals surface area contributed by atoms with Crippen LogP contribution in [0.15, 0.2) is 11.6 Å². The van der Waals surface area contributed by atoms with Gasteiger partial charge in [0, 0.05) is 11.5 Å². The van der Waals surface area contributed by atoms with Crippen molar-refractivity contribution in [2.75, 3.05) is 13.2 Å². The number of ether oxygens (including phenoxy) is 2. The summed E-state index contributed by atoms with van der Waals surface area (Å²) in [6, 6.07) is 0. The van der Waals surface area contributed by atoms with E-state index in [0.29, 0.717) is 24.7 Å². The van der Waals surface area contributed by atoms with Crippen molar-refractivity contribution in [1.82, 2.24) is 0 Å². The molecule has 4 heteroatoms. The molecule has 4 aliphatic rings. The van der Waals surface area contributed by atoms with E-state index in [1.165, 1.54) is 25.3 Å². The minimum atomic E-state index is -0.424. The Hall–Kier alpha value is -1.32. The van der Waals surface area contributed by atoms with Crippen molar-refractivity contribution < 1.29 is 19.1 Å². The first-order valence-corrected chi connectivity index (χ1v) is 9.29. The highest BCUT2D eigenvalue weighted by Gasteiger charge is 2.62. The van der Waals surface area contributed by atoms with Crippen LogP contribution in [0.25, 0.3) is 0 Å². The normalized spacial score (nSPS) is 40.5. The molecule has 2 unspecified atom stereocenters. The van der Waals surface area contributed by atoms with E-state index in [4.69, 9.17) is 9.47 Å². The number of hydrogen-bond acceptors (Lipinski definition) is 4. The monoisotopic (exact) mass is 334 g/mol. The molecule has 0 heterocycles. The zero-order valence-corrected chi connectivity index (χ0v) is 15.4. The van der Waals surface area contributed by atoms with Gasteiger partial charge in [-0.15, -0.1) is 0 Å². The summed E-state index contributed by atoms with van der Waals surface area (Å²) >= 11 is 0. The van der Waals surface area contributed by atoms with E-state index in [9.17, 15) is 9.59 Å². The van der Waals surface area contributed by atoms with E-state index in [-0.39, 0.29) is 22.2 Å². The molecule has 4 bridgehead atoms. The molecule has 134 valence electrons. The highest BCUT2D eigenvalue weighted by Crippen LogP contribution is 2.71. The molecule has 4 nitrogen and oxygen atoms in total. The summed E-state index contributed by atoms with van der Waals surface area (Å²) in [7, 11) is 0. The lowest BCUT2D eigenvalue weighted by Crippen LogP contribution is -2.56. The Labute approximate surface area is 145 Å². The third-order valence-corrected chi connectivity index (χ3v) is 6.24.